The zero-order valence-corrected chi connectivity index (χ0v) is 13.5. The summed E-state index contributed by atoms with van der Waals surface area (Å²) in [7, 11) is 4.25. The highest BCUT2D eigenvalue weighted by Crippen LogP contribution is 2.22. The van der Waals surface area contributed by atoms with Crippen LogP contribution >= 0.6 is 0 Å². The highest BCUT2D eigenvalue weighted by Gasteiger charge is 2.23. The van der Waals surface area contributed by atoms with Crippen molar-refractivity contribution in [2.45, 2.75) is 32.2 Å². The fourth-order valence-electron chi connectivity index (χ4n) is 2.71. The third-order valence-electron chi connectivity index (χ3n) is 3.96. The number of rotatable bonds is 9. The van der Waals surface area contributed by atoms with Gasteiger partial charge in [0.2, 0.25) is 0 Å². The molecule has 0 aliphatic heterocycles. The van der Waals surface area contributed by atoms with Crippen LogP contribution < -0.4 is 5.73 Å². The van der Waals surface area contributed by atoms with Crippen molar-refractivity contribution < 1.29 is 0 Å². The lowest BCUT2D eigenvalue weighted by molar-refractivity contribution is 0.163. The van der Waals surface area contributed by atoms with Gasteiger partial charge >= 0.3 is 0 Å². The molecule has 2 unspecified atom stereocenters. The Morgan fingerprint density at radius 1 is 1.05 bits per heavy atom. The first kappa shape index (κ1) is 17.2. The predicted molar refractivity (Wildman–Crippen MR) is 88.1 cm³/mol. The van der Waals surface area contributed by atoms with E-state index in [1.165, 1.54) is 12.0 Å². The summed E-state index contributed by atoms with van der Waals surface area (Å²) in [5, 5.41) is 0. The van der Waals surface area contributed by atoms with Gasteiger partial charge in [-0.25, -0.2) is 0 Å². The second-order valence-corrected chi connectivity index (χ2v) is 5.84. The van der Waals surface area contributed by atoms with E-state index in [4.69, 9.17) is 5.73 Å². The molecule has 0 aromatic heterocycles. The van der Waals surface area contributed by atoms with Gasteiger partial charge in [0.15, 0.2) is 0 Å². The van der Waals surface area contributed by atoms with Crippen LogP contribution in [0.15, 0.2) is 30.3 Å². The van der Waals surface area contributed by atoms with E-state index >= 15 is 0 Å². The Morgan fingerprint density at radius 3 is 2.20 bits per heavy atom. The summed E-state index contributed by atoms with van der Waals surface area (Å²) in [6, 6.07) is 11.1. The van der Waals surface area contributed by atoms with Crippen LogP contribution in [0.4, 0.5) is 0 Å². The lowest BCUT2D eigenvalue weighted by atomic mass is 9.92. The maximum Gasteiger partial charge on any atom is 0.0284 e. The molecule has 2 N–H and O–H groups in total. The molecule has 0 saturated carbocycles. The zero-order valence-electron chi connectivity index (χ0n) is 13.5. The van der Waals surface area contributed by atoms with Crippen molar-refractivity contribution in [3.63, 3.8) is 0 Å². The van der Waals surface area contributed by atoms with Crippen molar-refractivity contribution in [1.29, 1.82) is 0 Å². The summed E-state index contributed by atoms with van der Waals surface area (Å²) in [5.41, 5.74) is 7.48. The Balaban J connectivity index is 2.78. The fourth-order valence-corrected chi connectivity index (χ4v) is 2.71. The first-order chi connectivity index (χ1) is 9.60. The van der Waals surface area contributed by atoms with E-state index in [-0.39, 0.29) is 0 Å². The molecule has 0 heterocycles. The molecular formula is C17H31N3. The van der Waals surface area contributed by atoms with E-state index in [0.717, 1.165) is 19.6 Å². The lowest BCUT2D eigenvalue weighted by Gasteiger charge is -2.35. The summed E-state index contributed by atoms with van der Waals surface area (Å²) in [4.78, 5) is 4.79. The molecule has 0 amide bonds. The Labute approximate surface area is 124 Å². The molecule has 0 fully saturated rings. The van der Waals surface area contributed by atoms with Crippen LogP contribution in [-0.4, -0.2) is 56.1 Å². The van der Waals surface area contributed by atoms with Gasteiger partial charge in [-0.3, -0.25) is 4.90 Å². The first-order valence-electron chi connectivity index (χ1n) is 7.73. The second-order valence-electron chi connectivity index (χ2n) is 5.84. The van der Waals surface area contributed by atoms with Crippen LogP contribution in [0.5, 0.6) is 0 Å². The second kappa shape index (κ2) is 9.11. The van der Waals surface area contributed by atoms with Gasteiger partial charge in [-0.2, -0.15) is 0 Å². The Morgan fingerprint density at radius 2 is 1.70 bits per heavy atom. The van der Waals surface area contributed by atoms with Crippen molar-refractivity contribution >= 4 is 0 Å². The highest BCUT2D eigenvalue weighted by molar-refractivity contribution is 5.20. The maximum atomic E-state index is 6.09. The van der Waals surface area contributed by atoms with Crippen molar-refractivity contribution in [1.82, 2.24) is 9.80 Å². The number of nitrogens with zero attached hydrogens (tertiary/aromatic N) is 2. The van der Waals surface area contributed by atoms with Crippen LogP contribution in [-0.2, 0) is 0 Å². The van der Waals surface area contributed by atoms with Gasteiger partial charge in [0.05, 0.1) is 0 Å². The molecule has 0 aliphatic carbocycles. The molecule has 1 aromatic rings. The highest BCUT2D eigenvalue weighted by atomic mass is 15.2. The number of hydrogen-bond donors (Lipinski definition) is 1. The van der Waals surface area contributed by atoms with E-state index in [9.17, 15) is 0 Å². The third kappa shape index (κ3) is 5.23. The summed E-state index contributed by atoms with van der Waals surface area (Å²) in [6.07, 6.45) is 1.17. The molecule has 20 heavy (non-hydrogen) atoms. The molecule has 0 radical (unpaired) electrons. The number of nitrogens with two attached hydrogens (primary N) is 1. The number of likely N-dealkylation sites (N-methyl/N-ethyl adjacent to an activating group) is 1. The normalized spacial score (nSPS) is 14.8. The third-order valence-corrected chi connectivity index (χ3v) is 3.96. The van der Waals surface area contributed by atoms with E-state index < -0.39 is 0 Å². The van der Waals surface area contributed by atoms with E-state index in [0.29, 0.717) is 18.5 Å². The van der Waals surface area contributed by atoms with E-state index in [2.05, 4.69) is 68.1 Å². The topological polar surface area (TPSA) is 32.5 Å². The predicted octanol–water partition coefficient (Wildman–Crippen LogP) is 2.39. The Hall–Kier alpha value is -0.900. The monoisotopic (exact) mass is 277 g/mol. The van der Waals surface area contributed by atoms with Crippen molar-refractivity contribution in [3.8, 4) is 0 Å². The molecule has 0 saturated heterocycles. The SMILES string of the molecule is CCCN(CCN(C)C)C(CN)C(C)c1ccccc1. The Kier molecular flexibility index (Phi) is 7.82. The molecule has 1 rings (SSSR count). The summed E-state index contributed by atoms with van der Waals surface area (Å²) < 4.78 is 0. The average Bonchev–Trinajstić information content (AvgIpc) is 2.46. The minimum Gasteiger partial charge on any atom is -0.329 e. The maximum absolute atomic E-state index is 6.09. The molecule has 0 aliphatic rings. The largest absolute Gasteiger partial charge is 0.329 e. The van der Waals surface area contributed by atoms with Gasteiger partial charge in [0, 0.05) is 25.7 Å². The van der Waals surface area contributed by atoms with Crippen molar-refractivity contribution in [2.75, 3.05) is 40.3 Å². The molecular weight excluding hydrogens is 246 g/mol. The molecule has 0 bridgehead atoms. The molecule has 2 atom stereocenters. The first-order valence-corrected chi connectivity index (χ1v) is 7.73. The van der Waals surface area contributed by atoms with Crippen molar-refractivity contribution in [3.05, 3.63) is 35.9 Å². The van der Waals surface area contributed by atoms with Gasteiger partial charge < -0.3 is 10.6 Å². The lowest BCUT2D eigenvalue weighted by Crippen LogP contribution is -2.46. The average molecular weight is 277 g/mol. The Bertz CT molecular complexity index is 351. The quantitative estimate of drug-likeness (QED) is 0.752. The van der Waals surface area contributed by atoms with Crippen LogP contribution in [0, 0.1) is 0 Å². The van der Waals surface area contributed by atoms with Crippen LogP contribution in [0.25, 0.3) is 0 Å². The number of benzene rings is 1. The van der Waals surface area contributed by atoms with Gasteiger partial charge in [-0.05, 0) is 38.5 Å². The smallest absolute Gasteiger partial charge is 0.0284 e. The molecule has 0 spiro atoms. The summed E-state index contributed by atoms with van der Waals surface area (Å²) >= 11 is 0. The molecule has 114 valence electrons. The van der Waals surface area contributed by atoms with Gasteiger partial charge in [0.1, 0.15) is 0 Å². The molecule has 3 nitrogen and oxygen atoms in total. The zero-order chi connectivity index (χ0) is 15.0. The standard InChI is InChI=1S/C17H31N3/c1-5-11-20(13-12-19(3)4)17(14-18)15(2)16-9-7-6-8-10-16/h6-10,15,17H,5,11-14,18H2,1-4H3. The minimum atomic E-state index is 0.414. The summed E-state index contributed by atoms with van der Waals surface area (Å²) in [5.74, 6) is 0.468. The van der Waals surface area contributed by atoms with E-state index in [1.807, 2.05) is 0 Å². The van der Waals surface area contributed by atoms with Crippen LogP contribution in [0.3, 0.4) is 0 Å². The van der Waals surface area contributed by atoms with Crippen LogP contribution in [0.2, 0.25) is 0 Å². The molecule has 3 heteroatoms. The van der Waals surface area contributed by atoms with Crippen LogP contribution in [0.1, 0.15) is 31.7 Å². The van der Waals surface area contributed by atoms with Gasteiger partial charge in [-0.1, -0.05) is 44.2 Å². The summed E-state index contributed by atoms with van der Waals surface area (Å²) in [6.45, 7) is 8.53. The van der Waals surface area contributed by atoms with Gasteiger partial charge in [-0.15, -0.1) is 0 Å². The fraction of sp³-hybridized carbons (Fsp3) is 0.647. The van der Waals surface area contributed by atoms with Crippen molar-refractivity contribution in [2.24, 2.45) is 5.73 Å². The number of hydrogen-bond acceptors (Lipinski definition) is 3. The van der Waals surface area contributed by atoms with E-state index in [1.54, 1.807) is 0 Å². The van der Waals surface area contributed by atoms with Gasteiger partial charge in [0.25, 0.3) is 0 Å². The molecule has 1 aromatic carbocycles. The minimum absolute atomic E-state index is 0.414.